The first-order valence-corrected chi connectivity index (χ1v) is 10.7. The monoisotopic (exact) mass is 444 g/mol. The number of thiazole rings is 1. The van der Waals surface area contributed by atoms with Gasteiger partial charge in [0, 0.05) is 17.5 Å². The normalized spacial score (nSPS) is 15.7. The summed E-state index contributed by atoms with van der Waals surface area (Å²) in [7, 11) is 0. The van der Waals surface area contributed by atoms with Crippen molar-refractivity contribution < 1.29 is 49.0 Å². The van der Waals surface area contributed by atoms with Crippen LogP contribution in [0, 0.1) is 0 Å². The molecule has 3 aromatic rings. The second-order valence-electron chi connectivity index (χ2n) is 7.14. The summed E-state index contributed by atoms with van der Waals surface area (Å²) in [6.45, 7) is 0.695. The predicted molar refractivity (Wildman–Crippen MR) is 112 cm³/mol. The molecule has 2 aromatic carbocycles. The fourth-order valence-corrected chi connectivity index (χ4v) is 4.56. The third kappa shape index (κ3) is 5.74. The molecule has 1 aliphatic rings. The Labute approximate surface area is 207 Å². The molecule has 1 atom stereocenters. The summed E-state index contributed by atoms with van der Waals surface area (Å²) in [6.07, 6.45) is 2.88. The molecule has 0 unspecified atom stereocenters. The Morgan fingerprint density at radius 1 is 1.10 bits per heavy atom. The Hall–Kier alpha value is -2.19. The van der Waals surface area contributed by atoms with Gasteiger partial charge in [-0.25, -0.2) is 4.98 Å². The van der Waals surface area contributed by atoms with E-state index >= 15 is 0 Å². The van der Waals surface area contributed by atoms with E-state index in [0.717, 1.165) is 35.5 Å². The van der Waals surface area contributed by atoms with Gasteiger partial charge in [0.1, 0.15) is 10.8 Å². The summed E-state index contributed by atoms with van der Waals surface area (Å²) in [6, 6.07) is 15.7. The zero-order valence-electron chi connectivity index (χ0n) is 17.3. The zero-order chi connectivity index (χ0) is 20.9. The molecule has 0 saturated carbocycles. The number of amides is 1. The van der Waals surface area contributed by atoms with Crippen LogP contribution in [-0.2, 0) is 4.79 Å². The molecule has 0 aliphatic carbocycles. The van der Waals surface area contributed by atoms with Crippen molar-refractivity contribution in [2.24, 2.45) is 0 Å². The SMILES string of the molecule is O=C([O-])c1ccc(-c2csc([C@H]3CCCCN3C(=O)COc3ccccc3)n2)cc1.[Na+]. The molecule has 31 heavy (non-hydrogen) atoms. The molecule has 1 aromatic heterocycles. The van der Waals surface area contributed by atoms with Crippen LogP contribution in [-0.4, -0.2) is 34.9 Å². The minimum atomic E-state index is -1.20. The van der Waals surface area contributed by atoms with Crippen LogP contribution in [0.15, 0.2) is 60.0 Å². The van der Waals surface area contributed by atoms with E-state index in [-0.39, 0.29) is 53.7 Å². The van der Waals surface area contributed by atoms with Crippen LogP contribution >= 0.6 is 11.3 Å². The first-order valence-electron chi connectivity index (χ1n) is 9.86. The number of likely N-dealkylation sites (tertiary alicyclic amines) is 1. The van der Waals surface area contributed by atoms with E-state index in [0.29, 0.717) is 12.3 Å². The summed E-state index contributed by atoms with van der Waals surface area (Å²) < 4.78 is 5.65. The van der Waals surface area contributed by atoms with Gasteiger partial charge in [-0.1, -0.05) is 42.5 Å². The van der Waals surface area contributed by atoms with Crippen molar-refractivity contribution in [3.8, 4) is 17.0 Å². The van der Waals surface area contributed by atoms with E-state index in [1.165, 1.54) is 23.5 Å². The van der Waals surface area contributed by atoms with Gasteiger partial charge in [-0.2, -0.15) is 0 Å². The molecular weight excluding hydrogens is 423 g/mol. The maximum Gasteiger partial charge on any atom is 1.00 e. The number of carbonyl (C=O) groups excluding carboxylic acids is 2. The first-order chi connectivity index (χ1) is 14.6. The first kappa shape index (κ1) is 23.5. The van der Waals surface area contributed by atoms with Crippen molar-refractivity contribution in [3.63, 3.8) is 0 Å². The van der Waals surface area contributed by atoms with Crippen LogP contribution in [0.25, 0.3) is 11.3 Å². The second kappa shape index (κ2) is 10.9. The van der Waals surface area contributed by atoms with E-state index in [1.807, 2.05) is 40.6 Å². The van der Waals surface area contributed by atoms with E-state index in [1.54, 1.807) is 12.1 Å². The summed E-state index contributed by atoms with van der Waals surface area (Å²) in [4.78, 5) is 30.4. The molecule has 1 fully saturated rings. The van der Waals surface area contributed by atoms with Crippen molar-refractivity contribution >= 4 is 23.2 Å². The Balaban J connectivity index is 0.00000272. The smallest absolute Gasteiger partial charge is 0.545 e. The zero-order valence-corrected chi connectivity index (χ0v) is 20.1. The number of benzene rings is 2. The van der Waals surface area contributed by atoms with Gasteiger partial charge < -0.3 is 19.5 Å². The van der Waals surface area contributed by atoms with Crippen molar-refractivity contribution in [1.82, 2.24) is 9.88 Å². The summed E-state index contributed by atoms with van der Waals surface area (Å²) in [5, 5.41) is 13.8. The number of nitrogens with zero attached hydrogens (tertiary/aromatic N) is 2. The average Bonchev–Trinajstić information content (AvgIpc) is 3.28. The Morgan fingerprint density at radius 2 is 1.84 bits per heavy atom. The molecule has 154 valence electrons. The van der Waals surface area contributed by atoms with Crippen molar-refractivity contribution in [3.05, 3.63) is 70.5 Å². The van der Waals surface area contributed by atoms with Crippen LogP contribution in [0.2, 0.25) is 0 Å². The van der Waals surface area contributed by atoms with E-state index in [9.17, 15) is 14.7 Å². The van der Waals surface area contributed by atoms with Crippen LogP contribution in [0.5, 0.6) is 5.75 Å². The van der Waals surface area contributed by atoms with Gasteiger partial charge in [-0.15, -0.1) is 11.3 Å². The molecule has 0 N–H and O–H groups in total. The number of aromatic nitrogens is 1. The van der Waals surface area contributed by atoms with E-state index < -0.39 is 5.97 Å². The Bertz CT molecular complexity index is 1020. The quantitative estimate of drug-likeness (QED) is 0.511. The van der Waals surface area contributed by atoms with Gasteiger partial charge in [-0.05, 0) is 37.0 Å². The van der Waals surface area contributed by atoms with E-state index in [4.69, 9.17) is 9.72 Å². The van der Waals surface area contributed by atoms with Gasteiger partial charge >= 0.3 is 29.6 Å². The average molecular weight is 444 g/mol. The molecule has 4 rings (SSSR count). The number of carboxylic acid groups (broad SMARTS) is 1. The molecule has 0 radical (unpaired) electrons. The maximum absolute atomic E-state index is 12.8. The molecule has 1 amide bonds. The number of hydrogen-bond acceptors (Lipinski definition) is 6. The number of aromatic carboxylic acids is 1. The van der Waals surface area contributed by atoms with Crippen LogP contribution < -0.4 is 39.4 Å². The topological polar surface area (TPSA) is 82.6 Å². The molecule has 1 saturated heterocycles. The minimum Gasteiger partial charge on any atom is -0.545 e. The number of hydrogen-bond donors (Lipinski definition) is 0. The second-order valence-corrected chi connectivity index (χ2v) is 8.03. The number of para-hydroxylation sites is 1. The van der Waals surface area contributed by atoms with Gasteiger partial charge in [0.05, 0.1) is 17.7 Å². The number of carboxylic acids is 1. The maximum atomic E-state index is 12.8. The van der Waals surface area contributed by atoms with Crippen LogP contribution in [0.4, 0.5) is 0 Å². The van der Waals surface area contributed by atoms with Gasteiger partial charge in [0.2, 0.25) is 0 Å². The predicted octanol–water partition coefficient (Wildman–Crippen LogP) is 0.310. The molecule has 0 bridgehead atoms. The Morgan fingerprint density at radius 3 is 2.55 bits per heavy atom. The van der Waals surface area contributed by atoms with Crippen molar-refractivity contribution in [2.75, 3.05) is 13.2 Å². The minimum absolute atomic E-state index is 0. The van der Waals surface area contributed by atoms with Gasteiger partial charge in [-0.3, -0.25) is 4.79 Å². The van der Waals surface area contributed by atoms with Crippen molar-refractivity contribution in [1.29, 1.82) is 0 Å². The van der Waals surface area contributed by atoms with Crippen LogP contribution in [0.1, 0.15) is 40.7 Å². The van der Waals surface area contributed by atoms with Gasteiger partial charge in [0.15, 0.2) is 6.61 Å². The summed E-state index contributed by atoms with van der Waals surface area (Å²) >= 11 is 1.52. The molecule has 8 heteroatoms. The summed E-state index contributed by atoms with van der Waals surface area (Å²) in [5.41, 5.74) is 1.75. The molecule has 1 aliphatic heterocycles. The van der Waals surface area contributed by atoms with Crippen molar-refractivity contribution in [2.45, 2.75) is 25.3 Å². The van der Waals surface area contributed by atoms with E-state index in [2.05, 4.69) is 0 Å². The molecule has 6 nitrogen and oxygen atoms in total. The Kier molecular flexibility index (Phi) is 8.26. The van der Waals surface area contributed by atoms with Crippen LogP contribution in [0.3, 0.4) is 0 Å². The third-order valence-electron chi connectivity index (χ3n) is 5.15. The summed E-state index contributed by atoms with van der Waals surface area (Å²) in [5.74, 6) is -0.566. The largest absolute Gasteiger partial charge is 1.00 e. The van der Waals surface area contributed by atoms with Gasteiger partial charge in [0.25, 0.3) is 5.91 Å². The fraction of sp³-hybridized carbons (Fsp3) is 0.261. The molecule has 0 spiro atoms. The number of ether oxygens (including phenoxy) is 1. The molecule has 2 heterocycles. The molecular formula is C23H21N2NaO4S. The number of carbonyl (C=O) groups is 2. The third-order valence-corrected chi connectivity index (χ3v) is 6.10. The number of rotatable bonds is 6. The standard InChI is InChI=1S/C23H22N2O4S.Na/c26-21(14-29-18-6-2-1-3-7-18)25-13-5-4-8-20(25)22-24-19(15-30-22)16-9-11-17(12-10-16)23(27)28;/h1-3,6-7,9-12,15,20H,4-5,8,13-14H2,(H,27,28);/q;+1/p-1/t20-;/m1./s1. The number of piperidine rings is 1. The fourth-order valence-electron chi connectivity index (χ4n) is 3.58.